The number of para-hydroxylation sites is 1. The Labute approximate surface area is 213 Å². The van der Waals surface area contributed by atoms with Crippen molar-refractivity contribution in [3.63, 3.8) is 0 Å². The SMILES string of the molecule is Cc1c(-c2cc(C(=O)Nc3ccc(F)cc3Cl)c3ccccc3n2)cnn1-c1ccc(C(C)C)cc1. The van der Waals surface area contributed by atoms with Gasteiger partial charge in [0.2, 0.25) is 0 Å². The third kappa shape index (κ3) is 4.48. The maximum Gasteiger partial charge on any atom is 0.256 e. The van der Waals surface area contributed by atoms with Crippen molar-refractivity contribution in [1.29, 1.82) is 0 Å². The molecule has 1 N–H and O–H groups in total. The van der Waals surface area contributed by atoms with E-state index in [9.17, 15) is 9.18 Å². The Bertz CT molecular complexity index is 1590. The molecule has 0 spiro atoms. The molecule has 2 heterocycles. The molecule has 0 aliphatic rings. The fourth-order valence-electron chi connectivity index (χ4n) is 4.20. The highest BCUT2D eigenvalue weighted by Crippen LogP contribution is 2.30. The molecular weight excluding hydrogens is 475 g/mol. The first-order valence-corrected chi connectivity index (χ1v) is 12.0. The van der Waals surface area contributed by atoms with Gasteiger partial charge in [0, 0.05) is 10.9 Å². The number of hydrogen-bond donors (Lipinski definition) is 1. The van der Waals surface area contributed by atoms with Crippen LogP contribution in [0.2, 0.25) is 5.02 Å². The average Bonchev–Trinajstić information content (AvgIpc) is 3.26. The van der Waals surface area contributed by atoms with Gasteiger partial charge in [-0.25, -0.2) is 14.1 Å². The van der Waals surface area contributed by atoms with E-state index in [1.807, 2.05) is 35.9 Å². The van der Waals surface area contributed by atoms with Crippen molar-refractivity contribution in [3.8, 4) is 16.9 Å². The van der Waals surface area contributed by atoms with Gasteiger partial charge in [-0.3, -0.25) is 4.79 Å². The van der Waals surface area contributed by atoms with Crippen LogP contribution in [0.3, 0.4) is 0 Å². The van der Waals surface area contributed by atoms with E-state index in [4.69, 9.17) is 16.6 Å². The zero-order chi connectivity index (χ0) is 25.4. The highest BCUT2D eigenvalue weighted by molar-refractivity contribution is 6.34. The number of carbonyl (C=O) groups excluding carboxylic acids is 1. The van der Waals surface area contributed by atoms with Crippen LogP contribution in [0.4, 0.5) is 10.1 Å². The molecule has 0 bridgehead atoms. The van der Waals surface area contributed by atoms with Gasteiger partial charge >= 0.3 is 0 Å². The fraction of sp³-hybridized carbons (Fsp3) is 0.138. The lowest BCUT2D eigenvalue weighted by molar-refractivity contribution is 0.102. The molecule has 7 heteroatoms. The van der Waals surface area contributed by atoms with Gasteiger partial charge in [-0.05, 0) is 60.9 Å². The summed E-state index contributed by atoms with van der Waals surface area (Å²) in [4.78, 5) is 18.2. The third-order valence-electron chi connectivity index (χ3n) is 6.23. The molecule has 0 saturated heterocycles. The van der Waals surface area contributed by atoms with E-state index in [2.05, 4.69) is 48.5 Å². The molecule has 0 fully saturated rings. The number of hydrogen-bond acceptors (Lipinski definition) is 3. The molecule has 2 aromatic heterocycles. The molecule has 0 saturated carbocycles. The smallest absolute Gasteiger partial charge is 0.256 e. The minimum absolute atomic E-state index is 0.127. The van der Waals surface area contributed by atoms with Gasteiger partial charge in [-0.1, -0.05) is 55.8 Å². The Morgan fingerprint density at radius 2 is 1.78 bits per heavy atom. The molecule has 3 aromatic carbocycles. The Morgan fingerprint density at radius 1 is 1.03 bits per heavy atom. The lowest BCUT2D eigenvalue weighted by Gasteiger charge is -2.12. The summed E-state index contributed by atoms with van der Waals surface area (Å²) in [7, 11) is 0. The van der Waals surface area contributed by atoms with Crippen molar-refractivity contribution in [2.24, 2.45) is 0 Å². The summed E-state index contributed by atoms with van der Waals surface area (Å²) in [5.74, 6) is -0.386. The Morgan fingerprint density at radius 3 is 2.50 bits per heavy atom. The van der Waals surface area contributed by atoms with Crippen LogP contribution >= 0.6 is 11.6 Å². The Balaban J connectivity index is 1.56. The normalized spacial score (nSPS) is 11.3. The first kappa shape index (κ1) is 23.7. The van der Waals surface area contributed by atoms with Crippen LogP contribution < -0.4 is 5.32 Å². The molecule has 5 aromatic rings. The number of amides is 1. The molecule has 0 unspecified atom stereocenters. The van der Waals surface area contributed by atoms with Gasteiger partial charge in [0.25, 0.3) is 5.91 Å². The topological polar surface area (TPSA) is 59.8 Å². The first-order chi connectivity index (χ1) is 17.3. The van der Waals surface area contributed by atoms with Crippen LogP contribution in [-0.2, 0) is 0 Å². The second-order valence-corrected chi connectivity index (χ2v) is 9.36. The number of halogens is 2. The number of carbonyl (C=O) groups is 1. The summed E-state index contributed by atoms with van der Waals surface area (Å²) in [6, 6.07) is 21.4. The van der Waals surface area contributed by atoms with Gasteiger partial charge in [0.05, 0.1) is 45.1 Å². The number of nitrogens with zero attached hydrogens (tertiary/aromatic N) is 3. The molecule has 36 heavy (non-hydrogen) atoms. The second-order valence-electron chi connectivity index (χ2n) is 8.95. The number of pyridine rings is 1. The van der Waals surface area contributed by atoms with Crippen molar-refractivity contribution >= 4 is 34.1 Å². The zero-order valence-electron chi connectivity index (χ0n) is 20.1. The second kappa shape index (κ2) is 9.55. The lowest BCUT2D eigenvalue weighted by atomic mass is 10.0. The molecule has 0 aliphatic carbocycles. The Hall–Kier alpha value is -4.03. The predicted octanol–water partition coefficient (Wildman–Crippen LogP) is 7.56. The predicted molar refractivity (Wildman–Crippen MR) is 142 cm³/mol. The molecule has 1 amide bonds. The number of fused-ring (bicyclic) bond motifs is 1. The Kier molecular flexibility index (Phi) is 6.29. The van der Waals surface area contributed by atoms with Gasteiger partial charge in [-0.15, -0.1) is 0 Å². The summed E-state index contributed by atoms with van der Waals surface area (Å²) in [5.41, 5.74) is 6.02. The number of benzene rings is 3. The van der Waals surface area contributed by atoms with Crippen molar-refractivity contribution in [3.05, 3.63) is 107 Å². The van der Waals surface area contributed by atoms with E-state index in [1.165, 1.54) is 23.8 Å². The third-order valence-corrected chi connectivity index (χ3v) is 6.54. The molecule has 0 radical (unpaired) electrons. The minimum Gasteiger partial charge on any atom is -0.321 e. The van der Waals surface area contributed by atoms with E-state index in [0.29, 0.717) is 33.8 Å². The van der Waals surface area contributed by atoms with E-state index < -0.39 is 5.82 Å². The molecule has 0 aliphatic heterocycles. The first-order valence-electron chi connectivity index (χ1n) is 11.6. The fourth-order valence-corrected chi connectivity index (χ4v) is 4.42. The number of anilines is 1. The molecule has 180 valence electrons. The van der Waals surface area contributed by atoms with Crippen LogP contribution in [-0.4, -0.2) is 20.7 Å². The van der Waals surface area contributed by atoms with Crippen LogP contribution in [0.15, 0.2) is 79.0 Å². The van der Waals surface area contributed by atoms with Crippen molar-refractivity contribution < 1.29 is 9.18 Å². The number of rotatable bonds is 5. The summed E-state index contributed by atoms with van der Waals surface area (Å²) in [6.07, 6.45) is 1.77. The number of nitrogens with one attached hydrogen (secondary N) is 1. The molecule has 5 nitrogen and oxygen atoms in total. The van der Waals surface area contributed by atoms with Gasteiger partial charge in [0.1, 0.15) is 5.82 Å². The van der Waals surface area contributed by atoms with Crippen molar-refractivity contribution in [2.45, 2.75) is 26.7 Å². The van der Waals surface area contributed by atoms with Gasteiger partial charge in [0.15, 0.2) is 0 Å². The van der Waals surface area contributed by atoms with E-state index in [-0.39, 0.29) is 10.9 Å². The highest BCUT2D eigenvalue weighted by Gasteiger charge is 2.18. The van der Waals surface area contributed by atoms with E-state index >= 15 is 0 Å². The summed E-state index contributed by atoms with van der Waals surface area (Å²) in [6.45, 7) is 6.30. The van der Waals surface area contributed by atoms with Gasteiger partial charge in [-0.2, -0.15) is 5.10 Å². The summed E-state index contributed by atoms with van der Waals surface area (Å²) >= 11 is 6.14. The molecule has 0 atom stereocenters. The maximum absolute atomic E-state index is 13.5. The van der Waals surface area contributed by atoms with E-state index in [1.54, 1.807) is 12.3 Å². The maximum atomic E-state index is 13.5. The quantitative estimate of drug-likeness (QED) is 0.272. The molecule has 5 rings (SSSR count). The van der Waals surface area contributed by atoms with Crippen molar-refractivity contribution in [2.75, 3.05) is 5.32 Å². The van der Waals surface area contributed by atoms with E-state index in [0.717, 1.165) is 16.9 Å². The highest BCUT2D eigenvalue weighted by atomic mass is 35.5. The summed E-state index contributed by atoms with van der Waals surface area (Å²) in [5, 5.41) is 8.23. The molecular formula is C29H24ClFN4O. The monoisotopic (exact) mass is 498 g/mol. The number of aromatic nitrogens is 3. The van der Waals surface area contributed by atoms with Crippen LogP contribution in [0.5, 0.6) is 0 Å². The van der Waals surface area contributed by atoms with Crippen LogP contribution in [0, 0.1) is 12.7 Å². The minimum atomic E-state index is -0.471. The van der Waals surface area contributed by atoms with Crippen LogP contribution in [0.25, 0.3) is 27.8 Å². The summed E-state index contributed by atoms with van der Waals surface area (Å²) < 4.78 is 15.3. The zero-order valence-corrected chi connectivity index (χ0v) is 20.8. The lowest BCUT2D eigenvalue weighted by Crippen LogP contribution is -2.13. The largest absolute Gasteiger partial charge is 0.321 e. The van der Waals surface area contributed by atoms with Gasteiger partial charge < -0.3 is 5.32 Å². The standard InChI is InChI=1S/C29H24ClFN4O/c1-17(2)19-8-11-21(12-9-19)35-18(3)24(16-32-35)28-15-23(22-6-4-5-7-26(22)33-28)29(36)34-27-13-10-20(31)14-25(27)30/h4-17H,1-3H3,(H,34,36). The van der Waals surface area contributed by atoms with Crippen LogP contribution in [0.1, 0.15) is 41.4 Å². The average molecular weight is 499 g/mol. The van der Waals surface area contributed by atoms with Crippen molar-refractivity contribution in [1.82, 2.24) is 14.8 Å².